The molecule has 2 aromatic rings. The molecule has 0 bridgehead atoms. The van der Waals surface area contributed by atoms with E-state index in [9.17, 15) is 4.79 Å². The number of rotatable bonds is 4. The number of aryl methyl sites for hydroxylation is 1. The highest BCUT2D eigenvalue weighted by Gasteiger charge is 2.13. The van der Waals surface area contributed by atoms with Crippen LogP contribution in [0.2, 0.25) is 0 Å². The van der Waals surface area contributed by atoms with Crippen LogP contribution in [0.15, 0.2) is 33.4 Å². The number of ketones is 1. The first-order valence-electron chi connectivity index (χ1n) is 5.50. The van der Waals surface area contributed by atoms with E-state index in [1.165, 1.54) is 0 Å². The summed E-state index contributed by atoms with van der Waals surface area (Å²) in [5.41, 5.74) is 2.75. The van der Waals surface area contributed by atoms with E-state index in [2.05, 4.69) is 15.9 Å². The summed E-state index contributed by atoms with van der Waals surface area (Å²) in [4.78, 5) is 12.2. The fourth-order valence-electron chi connectivity index (χ4n) is 1.80. The maximum absolute atomic E-state index is 12.2. The molecule has 94 valence electrons. The third-order valence-corrected chi connectivity index (χ3v) is 4.10. The van der Waals surface area contributed by atoms with Crippen LogP contribution in [0.5, 0.6) is 5.75 Å². The number of hydrogen-bond donors (Lipinski definition) is 0. The van der Waals surface area contributed by atoms with Gasteiger partial charge >= 0.3 is 0 Å². The quantitative estimate of drug-likeness (QED) is 0.786. The zero-order chi connectivity index (χ0) is 13.1. The molecule has 1 aromatic carbocycles. The zero-order valence-corrected chi connectivity index (χ0v) is 12.6. The second kappa shape index (κ2) is 5.67. The van der Waals surface area contributed by atoms with Gasteiger partial charge in [0.25, 0.3) is 0 Å². The van der Waals surface area contributed by atoms with E-state index in [1.54, 1.807) is 18.4 Å². The Morgan fingerprint density at radius 1 is 1.39 bits per heavy atom. The van der Waals surface area contributed by atoms with Gasteiger partial charge in [0.1, 0.15) is 5.75 Å². The molecule has 0 aliphatic carbocycles. The first kappa shape index (κ1) is 13.3. The SMILES string of the molecule is COc1ccc(Br)cc1CC(=O)c1cscc1C. The van der Waals surface area contributed by atoms with Crippen LogP contribution in [-0.2, 0) is 6.42 Å². The summed E-state index contributed by atoms with van der Waals surface area (Å²) in [7, 11) is 1.62. The minimum atomic E-state index is 0.130. The molecule has 0 fully saturated rings. The van der Waals surface area contributed by atoms with Gasteiger partial charge < -0.3 is 4.74 Å². The summed E-state index contributed by atoms with van der Waals surface area (Å²) in [6.07, 6.45) is 0.361. The third-order valence-electron chi connectivity index (χ3n) is 2.75. The first-order valence-corrected chi connectivity index (χ1v) is 7.24. The van der Waals surface area contributed by atoms with Gasteiger partial charge in [-0.15, -0.1) is 0 Å². The number of ether oxygens (including phenoxy) is 1. The highest BCUT2D eigenvalue weighted by molar-refractivity contribution is 9.10. The van der Waals surface area contributed by atoms with E-state index in [4.69, 9.17) is 4.74 Å². The van der Waals surface area contributed by atoms with E-state index >= 15 is 0 Å². The van der Waals surface area contributed by atoms with E-state index in [0.717, 1.165) is 26.9 Å². The summed E-state index contributed by atoms with van der Waals surface area (Å²) < 4.78 is 6.23. The molecule has 18 heavy (non-hydrogen) atoms. The molecule has 0 saturated carbocycles. The van der Waals surface area contributed by atoms with Crippen LogP contribution < -0.4 is 4.74 Å². The molecule has 0 spiro atoms. The minimum absolute atomic E-state index is 0.130. The molecule has 0 saturated heterocycles. The Morgan fingerprint density at radius 3 is 2.78 bits per heavy atom. The molecule has 0 unspecified atom stereocenters. The van der Waals surface area contributed by atoms with Gasteiger partial charge in [0.05, 0.1) is 7.11 Å². The second-order valence-corrected chi connectivity index (χ2v) is 5.68. The van der Waals surface area contributed by atoms with Crippen molar-refractivity contribution in [3.63, 3.8) is 0 Å². The standard InChI is InChI=1S/C14H13BrO2S/c1-9-7-18-8-12(9)13(16)6-10-5-11(15)3-4-14(10)17-2/h3-5,7-8H,6H2,1-2H3. The maximum atomic E-state index is 12.2. The van der Waals surface area contributed by atoms with Crippen molar-refractivity contribution in [1.29, 1.82) is 0 Å². The molecule has 2 nitrogen and oxygen atoms in total. The largest absolute Gasteiger partial charge is 0.496 e. The monoisotopic (exact) mass is 324 g/mol. The molecular formula is C14H13BrO2S. The number of methoxy groups -OCH3 is 1. The van der Waals surface area contributed by atoms with Crippen molar-refractivity contribution in [2.45, 2.75) is 13.3 Å². The lowest BCUT2D eigenvalue weighted by atomic mass is 10.0. The smallest absolute Gasteiger partial charge is 0.168 e. The third kappa shape index (κ3) is 2.82. The van der Waals surface area contributed by atoms with Gasteiger partial charge in [0, 0.05) is 27.4 Å². The second-order valence-electron chi connectivity index (χ2n) is 4.02. The lowest BCUT2D eigenvalue weighted by molar-refractivity contribution is 0.0992. The van der Waals surface area contributed by atoms with Crippen molar-refractivity contribution < 1.29 is 9.53 Å². The van der Waals surface area contributed by atoms with Crippen LogP contribution in [0.1, 0.15) is 21.5 Å². The van der Waals surface area contributed by atoms with E-state index in [-0.39, 0.29) is 5.78 Å². The van der Waals surface area contributed by atoms with Gasteiger partial charge in [0.15, 0.2) is 5.78 Å². The summed E-state index contributed by atoms with van der Waals surface area (Å²) in [5, 5.41) is 3.90. The number of halogens is 1. The van der Waals surface area contributed by atoms with Crippen molar-refractivity contribution in [2.75, 3.05) is 7.11 Å². The number of hydrogen-bond acceptors (Lipinski definition) is 3. The molecule has 0 aliphatic rings. The molecular weight excluding hydrogens is 312 g/mol. The van der Waals surface area contributed by atoms with Gasteiger partial charge in [-0.25, -0.2) is 0 Å². The molecule has 4 heteroatoms. The normalized spacial score (nSPS) is 10.4. The van der Waals surface area contributed by atoms with E-state index < -0.39 is 0 Å². The Morgan fingerprint density at radius 2 is 2.17 bits per heavy atom. The van der Waals surface area contributed by atoms with Crippen LogP contribution in [-0.4, -0.2) is 12.9 Å². The van der Waals surface area contributed by atoms with Crippen molar-refractivity contribution in [3.05, 3.63) is 50.1 Å². The average molecular weight is 325 g/mol. The summed E-state index contributed by atoms with van der Waals surface area (Å²) in [6.45, 7) is 1.96. The highest BCUT2D eigenvalue weighted by Crippen LogP contribution is 2.25. The molecule has 0 aliphatic heterocycles. The summed E-state index contributed by atoms with van der Waals surface area (Å²) in [5.74, 6) is 0.879. The Kier molecular flexibility index (Phi) is 4.19. The number of benzene rings is 1. The van der Waals surface area contributed by atoms with Gasteiger partial charge in [-0.05, 0) is 36.1 Å². The fraction of sp³-hybridized carbons (Fsp3) is 0.214. The topological polar surface area (TPSA) is 26.3 Å². The lowest BCUT2D eigenvalue weighted by Gasteiger charge is -2.08. The van der Waals surface area contributed by atoms with Crippen molar-refractivity contribution >= 4 is 33.0 Å². The van der Waals surface area contributed by atoms with Gasteiger partial charge in [-0.2, -0.15) is 11.3 Å². The van der Waals surface area contributed by atoms with Gasteiger partial charge in [-0.1, -0.05) is 15.9 Å². The molecule has 0 N–H and O–H groups in total. The molecule has 0 amide bonds. The maximum Gasteiger partial charge on any atom is 0.168 e. The molecule has 2 rings (SSSR count). The van der Waals surface area contributed by atoms with Crippen LogP contribution in [0, 0.1) is 6.92 Å². The molecule has 0 atom stereocenters. The van der Waals surface area contributed by atoms with Crippen molar-refractivity contribution in [1.82, 2.24) is 0 Å². The summed E-state index contributed by atoms with van der Waals surface area (Å²) in [6, 6.07) is 5.70. The predicted octanol–water partition coefficient (Wildman–Crippen LogP) is 4.25. The van der Waals surface area contributed by atoms with Crippen LogP contribution in [0.3, 0.4) is 0 Å². The highest BCUT2D eigenvalue weighted by atomic mass is 79.9. The zero-order valence-electron chi connectivity index (χ0n) is 10.2. The van der Waals surface area contributed by atoms with Crippen molar-refractivity contribution in [2.24, 2.45) is 0 Å². The number of thiophene rings is 1. The number of carbonyl (C=O) groups excluding carboxylic acids is 1. The van der Waals surface area contributed by atoms with Crippen LogP contribution in [0.25, 0.3) is 0 Å². The summed E-state index contributed by atoms with van der Waals surface area (Å²) >= 11 is 4.97. The van der Waals surface area contributed by atoms with Crippen molar-refractivity contribution in [3.8, 4) is 5.75 Å². The molecule has 1 aromatic heterocycles. The van der Waals surface area contributed by atoms with E-state index in [0.29, 0.717) is 6.42 Å². The number of carbonyl (C=O) groups is 1. The first-order chi connectivity index (χ1) is 8.61. The number of Topliss-reactive ketones (excluding diaryl/α,β-unsaturated/α-hetero) is 1. The fourth-order valence-corrected chi connectivity index (χ4v) is 3.06. The minimum Gasteiger partial charge on any atom is -0.496 e. The Bertz CT molecular complexity index is 575. The Balaban J connectivity index is 2.27. The lowest BCUT2D eigenvalue weighted by Crippen LogP contribution is -2.05. The van der Waals surface area contributed by atoms with Crippen LogP contribution >= 0.6 is 27.3 Å². The average Bonchev–Trinajstić information content (AvgIpc) is 2.76. The Hall–Kier alpha value is -1.13. The molecule has 0 radical (unpaired) electrons. The van der Waals surface area contributed by atoms with E-state index in [1.807, 2.05) is 35.9 Å². The van der Waals surface area contributed by atoms with Gasteiger partial charge in [-0.3, -0.25) is 4.79 Å². The molecule has 1 heterocycles. The Labute approximate surface area is 119 Å². The van der Waals surface area contributed by atoms with Gasteiger partial charge in [0.2, 0.25) is 0 Å². The predicted molar refractivity (Wildman–Crippen MR) is 77.8 cm³/mol. The van der Waals surface area contributed by atoms with Crippen LogP contribution in [0.4, 0.5) is 0 Å².